The summed E-state index contributed by atoms with van der Waals surface area (Å²) < 4.78 is 11.1. The Hall–Kier alpha value is -2.99. The molecule has 166 valence electrons. The molecule has 0 bridgehead atoms. The number of nitrogens with one attached hydrogen (secondary N) is 1. The predicted octanol–water partition coefficient (Wildman–Crippen LogP) is 5.27. The van der Waals surface area contributed by atoms with Crippen LogP contribution in [0.1, 0.15) is 43.6 Å². The molecule has 2 aromatic carbocycles. The summed E-state index contributed by atoms with van der Waals surface area (Å²) in [6.45, 7) is 8.91. The van der Waals surface area contributed by atoms with Gasteiger partial charge in [0.25, 0.3) is 5.91 Å². The first-order valence-electron chi connectivity index (χ1n) is 10.2. The molecule has 0 heterocycles. The Morgan fingerprint density at radius 1 is 1.10 bits per heavy atom. The quantitative estimate of drug-likeness (QED) is 0.535. The Balaban J connectivity index is 2.08. The van der Waals surface area contributed by atoms with E-state index in [1.165, 1.54) is 6.08 Å². The molecule has 0 aliphatic heterocycles. The number of hydrogen-bond donors (Lipinski definition) is 1. The van der Waals surface area contributed by atoms with Gasteiger partial charge in [0.2, 0.25) is 5.91 Å². The highest BCUT2D eigenvalue weighted by Crippen LogP contribution is 2.29. The second kappa shape index (κ2) is 11.4. The van der Waals surface area contributed by atoms with Crippen molar-refractivity contribution in [3.8, 4) is 11.5 Å². The molecule has 0 unspecified atom stereocenters. The van der Waals surface area contributed by atoms with Crippen LogP contribution in [-0.2, 0) is 4.79 Å². The van der Waals surface area contributed by atoms with Crippen LogP contribution in [0, 0.1) is 0 Å². The topological polar surface area (TPSA) is 67.9 Å². The number of hydrogen-bond acceptors (Lipinski definition) is 4. The summed E-state index contributed by atoms with van der Waals surface area (Å²) in [7, 11) is 1.57. The standard InChI is InChI=1S/C24H29ClN2O4/c1-6-27(7-2)24(29)19-11-10-18(15-20(19)25)26-23(28)13-9-17-8-12-21(31-16(3)4)22(14-17)30-5/h8-16H,6-7H2,1-5H3,(H,26,28)/b13-9+. The summed E-state index contributed by atoms with van der Waals surface area (Å²) in [5.41, 5.74) is 1.71. The molecule has 2 aromatic rings. The summed E-state index contributed by atoms with van der Waals surface area (Å²) in [5, 5.41) is 3.05. The van der Waals surface area contributed by atoms with Crippen LogP contribution in [0.4, 0.5) is 5.69 Å². The number of halogens is 1. The lowest BCUT2D eigenvalue weighted by molar-refractivity contribution is -0.111. The lowest BCUT2D eigenvalue weighted by atomic mass is 10.1. The Morgan fingerprint density at radius 2 is 1.81 bits per heavy atom. The molecule has 31 heavy (non-hydrogen) atoms. The molecule has 6 nitrogen and oxygen atoms in total. The molecule has 0 saturated heterocycles. The van der Waals surface area contributed by atoms with Crippen LogP contribution in [0.15, 0.2) is 42.5 Å². The van der Waals surface area contributed by atoms with Crippen molar-refractivity contribution in [2.24, 2.45) is 0 Å². The molecule has 0 radical (unpaired) electrons. The molecule has 0 spiro atoms. The minimum Gasteiger partial charge on any atom is -0.493 e. The number of nitrogens with zero attached hydrogens (tertiary/aromatic N) is 1. The molecule has 0 aliphatic carbocycles. The summed E-state index contributed by atoms with van der Waals surface area (Å²) in [5.74, 6) is 0.788. The predicted molar refractivity (Wildman–Crippen MR) is 125 cm³/mol. The van der Waals surface area contributed by atoms with Gasteiger partial charge in [-0.15, -0.1) is 0 Å². The monoisotopic (exact) mass is 444 g/mol. The van der Waals surface area contributed by atoms with Crippen molar-refractivity contribution < 1.29 is 19.1 Å². The molecule has 0 aromatic heterocycles. The third-order valence-electron chi connectivity index (χ3n) is 4.50. The van der Waals surface area contributed by atoms with Crippen LogP contribution < -0.4 is 14.8 Å². The maximum Gasteiger partial charge on any atom is 0.255 e. The highest BCUT2D eigenvalue weighted by Gasteiger charge is 2.16. The van der Waals surface area contributed by atoms with E-state index in [0.29, 0.717) is 40.9 Å². The second-order valence-corrected chi connectivity index (χ2v) is 7.48. The van der Waals surface area contributed by atoms with Crippen molar-refractivity contribution in [2.45, 2.75) is 33.8 Å². The van der Waals surface area contributed by atoms with Gasteiger partial charge in [-0.05, 0) is 69.7 Å². The third kappa shape index (κ3) is 6.76. The van der Waals surface area contributed by atoms with Crippen molar-refractivity contribution in [1.82, 2.24) is 4.90 Å². The van der Waals surface area contributed by atoms with Gasteiger partial charge < -0.3 is 19.7 Å². The SMILES string of the molecule is CCN(CC)C(=O)c1ccc(NC(=O)/C=C/c2ccc(OC(C)C)c(OC)c2)cc1Cl. The van der Waals surface area contributed by atoms with Crippen molar-refractivity contribution in [1.29, 1.82) is 0 Å². The van der Waals surface area contributed by atoms with Gasteiger partial charge in [-0.2, -0.15) is 0 Å². The van der Waals surface area contributed by atoms with Crippen molar-refractivity contribution in [3.05, 3.63) is 58.6 Å². The second-order valence-electron chi connectivity index (χ2n) is 7.07. The maximum absolute atomic E-state index is 12.5. The molecule has 7 heteroatoms. The van der Waals surface area contributed by atoms with Crippen LogP contribution in [0.3, 0.4) is 0 Å². The van der Waals surface area contributed by atoms with Crippen LogP contribution in [0.2, 0.25) is 5.02 Å². The lowest BCUT2D eigenvalue weighted by Crippen LogP contribution is -2.30. The molecule has 0 saturated carbocycles. The maximum atomic E-state index is 12.5. The van der Waals surface area contributed by atoms with E-state index in [0.717, 1.165) is 5.56 Å². The molecule has 2 rings (SSSR count). The zero-order valence-electron chi connectivity index (χ0n) is 18.6. The fourth-order valence-corrected chi connectivity index (χ4v) is 3.20. The van der Waals surface area contributed by atoms with Crippen LogP contribution in [0.5, 0.6) is 11.5 Å². The zero-order valence-corrected chi connectivity index (χ0v) is 19.3. The van der Waals surface area contributed by atoms with Gasteiger partial charge in [-0.25, -0.2) is 0 Å². The number of carbonyl (C=O) groups excluding carboxylic acids is 2. The van der Waals surface area contributed by atoms with E-state index >= 15 is 0 Å². The largest absolute Gasteiger partial charge is 0.493 e. The molecule has 0 atom stereocenters. The van der Waals surface area contributed by atoms with Crippen LogP contribution in [0.25, 0.3) is 6.08 Å². The number of benzene rings is 2. The van der Waals surface area contributed by atoms with E-state index in [9.17, 15) is 9.59 Å². The fraction of sp³-hybridized carbons (Fsp3) is 0.333. The number of rotatable bonds is 9. The van der Waals surface area contributed by atoms with Gasteiger partial charge in [0.1, 0.15) is 0 Å². The van der Waals surface area contributed by atoms with E-state index in [2.05, 4.69) is 5.32 Å². The minimum absolute atomic E-state index is 0.0293. The van der Waals surface area contributed by atoms with Gasteiger partial charge in [0.05, 0.1) is 23.8 Å². The number of anilines is 1. The van der Waals surface area contributed by atoms with Crippen molar-refractivity contribution in [3.63, 3.8) is 0 Å². The molecule has 0 fully saturated rings. The summed E-state index contributed by atoms with van der Waals surface area (Å²) in [6.07, 6.45) is 3.12. The van der Waals surface area contributed by atoms with E-state index in [4.69, 9.17) is 21.1 Å². The Bertz CT molecular complexity index is 953. The van der Waals surface area contributed by atoms with Crippen LogP contribution in [-0.4, -0.2) is 43.0 Å². The number of amides is 2. The first-order valence-corrected chi connectivity index (χ1v) is 10.6. The summed E-state index contributed by atoms with van der Waals surface area (Å²) >= 11 is 6.28. The number of ether oxygens (including phenoxy) is 2. The number of carbonyl (C=O) groups is 2. The molecule has 1 N–H and O–H groups in total. The van der Waals surface area contributed by atoms with E-state index in [-0.39, 0.29) is 17.9 Å². The number of methoxy groups -OCH3 is 1. The smallest absolute Gasteiger partial charge is 0.255 e. The first-order chi connectivity index (χ1) is 14.8. The van der Waals surface area contributed by atoms with Gasteiger partial charge in [-0.3, -0.25) is 9.59 Å². The van der Waals surface area contributed by atoms with E-state index in [1.807, 2.05) is 39.8 Å². The van der Waals surface area contributed by atoms with Gasteiger partial charge >= 0.3 is 0 Å². The molecular formula is C24H29ClN2O4. The van der Waals surface area contributed by atoms with Crippen molar-refractivity contribution in [2.75, 3.05) is 25.5 Å². The summed E-state index contributed by atoms with van der Waals surface area (Å²) in [6, 6.07) is 10.3. The van der Waals surface area contributed by atoms with E-state index < -0.39 is 0 Å². The Labute approximate surface area is 188 Å². The molecule has 2 amide bonds. The van der Waals surface area contributed by atoms with Gasteiger partial charge in [0, 0.05) is 24.9 Å². The normalized spacial score (nSPS) is 10.9. The van der Waals surface area contributed by atoms with Gasteiger partial charge in [-0.1, -0.05) is 17.7 Å². The minimum atomic E-state index is -0.319. The molecule has 0 aliphatic rings. The highest BCUT2D eigenvalue weighted by atomic mass is 35.5. The zero-order chi connectivity index (χ0) is 23.0. The fourth-order valence-electron chi connectivity index (χ4n) is 2.94. The Kier molecular flexibility index (Phi) is 8.94. The van der Waals surface area contributed by atoms with Gasteiger partial charge in [0.15, 0.2) is 11.5 Å². The average Bonchev–Trinajstić information content (AvgIpc) is 2.73. The van der Waals surface area contributed by atoms with Crippen LogP contribution >= 0.6 is 11.6 Å². The highest BCUT2D eigenvalue weighted by molar-refractivity contribution is 6.34. The first kappa shape index (κ1) is 24.3. The average molecular weight is 445 g/mol. The van der Waals surface area contributed by atoms with E-state index in [1.54, 1.807) is 42.4 Å². The van der Waals surface area contributed by atoms with Crippen molar-refractivity contribution >= 4 is 35.2 Å². The third-order valence-corrected chi connectivity index (χ3v) is 4.81. The summed E-state index contributed by atoms with van der Waals surface area (Å²) in [4.78, 5) is 26.5. The molecular weight excluding hydrogens is 416 g/mol. The lowest BCUT2D eigenvalue weighted by Gasteiger charge is -2.19. The Morgan fingerprint density at radius 3 is 2.39 bits per heavy atom.